The van der Waals surface area contributed by atoms with E-state index in [1.54, 1.807) is 10.9 Å². The third-order valence-corrected chi connectivity index (χ3v) is 6.16. The Morgan fingerprint density at radius 2 is 2.04 bits per heavy atom. The number of anilines is 1. The number of nitrogens with one attached hydrogen (secondary N) is 1. The van der Waals surface area contributed by atoms with E-state index in [1.165, 1.54) is 6.33 Å². The molecular formula is C17H28N5O3P. The number of nitrogens with zero attached hydrogens (tertiary/aromatic N) is 4. The van der Waals surface area contributed by atoms with Crippen molar-refractivity contribution >= 4 is 30.2 Å². The monoisotopic (exact) mass is 381 g/mol. The summed E-state index contributed by atoms with van der Waals surface area (Å²) in [5.74, 6) is 0.727. The van der Waals surface area contributed by atoms with E-state index in [0.29, 0.717) is 23.5 Å². The van der Waals surface area contributed by atoms with Gasteiger partial charge in [-0.1, -0.05) is 6.92 Å². The Labute approximate surface area is 153 Å². The fourth-order valence-electron chi connectivity index (χ4n) is 3.60. The third kappa shape index (κ3) is 3.64. The van der Waals surface area contributed by atoms with E-state index < -0.39 is 31.4 Å². The molecule has 0 spiro atoms. The van der Waals surface area contributed by atoms with E-state index >= 15 is 0 Å². The first kappa shape index (κ1) is 19.3. The number of ether oxygens (including phenoxy) is 1. The molecule has 26 heavy (non-hydrogen) atoms. The first-order chi connectivity index (χ1) is 12.2. The van der Waals surface area contributed by atoms with Gasteiger partial charge >= 0.3 is 0 Å². The van der Waals surface area contributed by atoms with Crippen molar-refractivity contribution in [2.75, 3.05) is 31.4 Å². The van der Waals surface area contributed by atoms with Crippen LogP contribution in [0, 0.1) is 5.92 Å². The largest absolute Gasteiger partial charge is 0.388 e. The SMILES string of the molecule is C=P(C)(C)CC(C)[C@H]1O[C@@H](n2cnc3c(NCC)ncnc32)[C@H](O)[C@@H]1O. The van der Waals surface area contributed by atoms with Crippen molar-refractivity contribution in [1.29, 1.82) is 0 Å². The lowest BCUT2D eigenvalue weighted by Gasteiger charge is -2.26. The molecule has 0 saturated carbocycles. The highest BCUT2D eigenvalue weighted by Gasteiger charge is 2.46. The molecular weight excluding hydrogens is 353 g/mol. The summed E-state index contributed by atoms with van der Waals surface area (Å²) in [7, 11) is 0. The Kier molecular flexibility index (Phi) is 5.40. The molecule has 0 radical (unpaired) electrons. The third-order valence-electron chi connectivity index (χ3n) is 4.60. The van der Waals surface area contributed by atoms with Gasteiger partial charge in [0.2, 0.25) is 0 Å². The molecule has 0 aliphatic carbocycles. The van der Waals surface area contributed by atoms with Gasteiger partial charge in [-0.2, -0.15) is 0 Å². The van der Waals surface area contributed by atoms with Gasteiger partial charge in [-0.05, 0) is 32.3 Å². The number of fused-ring (bicyclic) bond motifs is 1. The Morgan fingerprint density at radius 1 is 1.31 bits per heavy atom. The van der Waals surface area contributed by atoms with Crippen LogP contribution in [0.25, 0.3) is 11.2 Å². The quantitative estimate of drug-likeness (QED) is 0.646. The van der Waals surface area contributed by atoms with Crippen molar-refractivity contribution in [2.45, 2.75) is 38.4 Å². The molecule has 8 nitrogen and oxygen atoms in total. The number of aliphatic hydroxyl groups is 2. The van der Waals surface area contributed by atoms with E-state index in [9.17, 15) is 10.2 Å². The topological polar surface area (TPSA) is 105 Å². The zero-order valence-corrected chi connectivity index (χ0v) is 16.6. The van der Waals surface area contributed by atoms with E-state index in [4.69, 9.17) is 4.74 Å². The van der Waals surface area contributed by atoms with Gasteiger partial charge in [-0.15, -0.1) is 13.2 Å². The van der Waals surface area contributed by atoms with Crippen molar-refractivity contribution in [1.82, 2.24) is 19.5 Å². The Morgan fingerprint density at radius 3 is 2.69 bits per heavy atom. The summed E-state index contributed by atoms with van der Waals surface area (Å²) < 4.78 is 7.75. The Bertz CT molecular complexity index is 820. The van der Waals surface area contributed by atoms with Crippen LogP contribution < -0.4 is 5.32 Å². The van der Waals surface area contributed by atoms with Crippen LogP contribution in [-0.2, 0) is 4.74 Å². The average molecular weight is 381 g/mol. The summed E-state index contributed by atoms with van der Waals surface area (Å²) >= 11 is 0. The van der Waals surface area contributed by atoms with Gasteiger partial charge in [0.15, 0.2) is 23.2 Å². The molecule has 3 N–H and O–H groups in total. The maximum Gasteiger partial charge on any atom is 0.167 e. The first-order valence-electron chi connectivity index (χ1n) is 8.83. The van der Waals surface area contributed by atoms with Crippen molar-refractivity contribution in [3.63, 3.8) is 0 Å². The number of imidazole rings is 1. The molecule has 144 valence electrons. The predicted molar refractivity (Wildman–Crippen MR) is 105 cm³/mol. The van der Waals surface area contributed by atoms with Crippen LogP contribution in [0.1, 0.15) is 20.1 Å². The molecule has 1 saturated heterocycles. The summed E-state index contributed by atoms with van der Waals surface area (Å²) in [5.41, 5.74) is 1.17. The van der Waals surface area contributed by atoms with Gasteiger partial charge in [0, 0.05) is 6.54 Å². The van der Waals surface area contributed by atoms with E-state index in [1.807, 2.05) is 13.8 Å². The van der Waals surface area contributed by atoms with Gasteiger partial charge < -0.3 is 20.3 Å². The first-order valence-corrected chi connectivity index (χ1v) is 11.9. The highest BCUT2D eigenvalue weighted by Crippen LogP contribution is 2.42. The average Bonchev–Trinajstić information content (AvgIpc) is 3.09. The van der Waals surface area contributed by atoms with Crippen molar-refractivity contribution in [2.24, 2.45) is 5.92 Å². The van der Waals surface area contributed by atoms with Gasteiger partial charge in [0.1, 0.15) is 18.5 Å². The second-order valence-corrected chi connectivity index (χ2v) is 11.9. The molecule has 3 heterocycles. The lowest BCUT2D eigenvalue weighted by atomic mass is 10.0. The smallest absolute Gasteiger partial charge is 0.167 e. The number of hydrogen-bond acceptors (Lipinski definition) is 7. The molecule has 0 aromatic carbocycles. The highest BCUT2D eigenvalue weighted by molar-refractivity contribution is 7.72. The molecule has 1 fully saturated rings. The standard InChI is InChI=1S/C17H28N5O3P/c1-6-18-15-11-16(20-8-19-15)22(9-21-11)17-13(24)12(23)14(25-17)10(2)7-26(3,4)5/h8-10,12-14,17,23-24H,3,6-7H2,1-2,4-5H3,(H,18,19,20)/t10?,12-,13+,14+,17+/m0/s1. The summed E-state index contributed by atoms with van der Waals surface area (Å²) in [6, 6.07) is 0. The predicted octanol–water partition coefficient (Wildman–Crippen LogP) is 1.22. The van der Waals surface area contributed by atoms with Crippen LogP contribution >= 0.6 is 6.89 Å². The number of aliphatic hydroxyl groups excluding tert-OH is 2. The minimum absolute atomic E-state index is 0.0900. The lowest BCUT2D eigenvalue weighted by Crippen LogP contribution is -2.35. The summed E-state index contributed by atoms with van der Waals surface area (Å²) in [5, 5.41) is 24.3. The molecule has 2 aromatic rings. The van der Waals surface area contributed by atoms with Crippen molar-refractivity contribution in [3.05, 3.63) is 12.7 Å². The second kappa shape index (κ2) is 7.27. The van der Waals surface area contributed by atoms with Crippen LogP contribution in [0.5, 0.6) is 0 Å². The molecule has 3 rings (SSSR count). The molecule has 0 amide bonds. The fraction of sp³-hybridized carbons (Fsp3) is 0.647. The van der Waals surface area contributed by atoms with E-state index in [0.717, 1.165) is 6.16 Å². The molecule has 1 unspecified atom stereocenters. The molecule has 1 aliphatic rings. The molecule has 2 aromatic heterocycles. The molecule has 5 atom stereocenters. The minimum atomic E-state index is -1.27. The highest BCUT2D eigenvalue weighted by atomic mass is 31.2. The van der Waals surface area contributed by atoms with Crippen LogP contribution in [0.3, 0.4) is 0 Å². The zero-order chi connectivity index (χ0) is 19.1. The van der Waals surface area contributed by atoms with Crippen LogP contribution in [0.15, 0.2) is 12.7 Å². The van der Waals surface area contributed by atoms with Gasteiger partial charge in [0.05, 0.1) is 12.4 Å². The normalized spacial score (nSPS) is 27.8. The Balaban J connectivity index is 1.89. The van der Waals surface area contributed by atoms with E-state index in [2.05, 4.69) is 39.9 Å². The van der Waals surface area contributed by atoms with Crippen molar-refractivity contribution in [3.8, 4) is 0 Å². The molecule has 1 aliphatic heterocycles. The maximum absolute atomic E-state index is 10.6. The van der Waals surface area contributed by atoms with Crippen LogP contribution in [-0.4, -0.2) is 80.4 Å². The zero-order valence-electron chi connectivity index (χ0n) is 15.7. The number of rotatable bonds is 6. The Hall–Kier alpha value is -1.47. The molecule has 9 heteroatoms. The number of aromatic nitrogens is 4. The second-order valence-electron chi connectivity index (χ2n) is 7.64. The van der Waals surface area contributed by atoms with Gasteiger partial charge in [-0.3, -0.25) is 4.57 Å². The minimum Gasteiger partial charge on any atom is -0.388 e. The summed E-state index contributed by atoms with van der Waals surface area (Å²) in [6.07, 6.45) is 4.93. The summed E-state index contributed by atoms with van der Waals surface area (Å²) in [6.45, 7) is 7.76. The summed E-state index contributed by atoms with van der Waals surface area (Å²) in [4.78, 5) is 12.9. The van der Waals surface area contributed by atoms with Crippen LogP contribution in [0.2, 0.25) is 0 Å². The van der Waals surface area contributed by atoms with Gasteiger partial charge in [-0.25, -0.2) is 15.0 Å². The maximum atomic E-state index is 10.6. The fourth-order valence-corrected chi connectivity index (χ4v) is 5.37. The van der Waals surface area contributed by atoms with Gasteiger partial charge in [0.25, 0.3) is 0 Å². The van der Waals surface area contributed by atoms with Crippen molar-refractivity contribution < 1.29 is 14.9 Å². The number of hydrogen-bond donors (Lipinski definition) is 3. The molecule has 0 bridgehead atoms. The lowest BCUT2D eigenvalue weighted by molar-refractivity contribution is -0.0487. The van der Waals surface area contributed by atoms with E-state index in [-0.39, 0.29) is 5.92 Å². The van der Waals surface area contributed by atoms with Crippen LogP contribution in [0.4, 0.5) is 5.82 Å².